The Morgan fingerprint density at radius 3 is 1.87 bits per heavy atom. The van der Waals surface area contributed by atoms with Crippen LogP contribution in [0, 0.1) is 0 Å². The minimum absolute atomic E-state index is 0.0693. The third kappa shape index (κ3) is 5.77. The maximum atomic E-state index is 11.4. The Labute approximate surface area is 133 Å². The summed E-state index contributed by atoms with van der Waals surface area (Å²) >= 11 is 0. The Kier molecular flexibility index (Phi) is 7.40. The third-order valence-electron chi connectivity index (χ3n) is 3.01. The summed E-state index contributed by atoms with van der Waals surface area (Å²) in [6.07, 6.45) is -4.94. The number of hydrogen-bond donors (Lipinski definition) is 1. The Morgan fingerprint density at radius 1 is 0.913 bits per heavy atom. The molecule has 0 aliphatic carbocycles. The Morgan fingerprint density at radius 2 is 1.39 bits per heavy atom. The van der Waals surface area contributed by atoms with E-state index in [9.17, 15) is 14.4 Å². The number of carbonyl (C=O) groups is 3. The first-order valence-electron chi connectivity index (χ1n) is 7.15. The predicted octanol–water partition coefficient (Wildman–Crippen LogP) is -0.465. The fourth-order valence-electron chi connectivity index (χ4n) is 2.27. The van der Waals surface area contributed by atoms with Gasteiger partial charge in [0.2, 0.25) is 0 Å². The van der Waals surface area contributed by atoms with E-state index in [2.05, 4.69) is 0 Å². The molecule has 132 valence electrons. The van der Waals surface area contributed by atoms with E-state index in [1.165, 1.54) is 20.8 Å². The Balaban J connectivity index is 3.08. The summed E-state index contributed by atoms with van der Waals surface area (Å²) in [5, 5.41) is 8.87. The van der Waals surface area contributed by atoms with E-state index >= 15 is 0 Å². The summed E-state index contributed by atoms with van der Waals surface area (Å²) in [5.74, 6) is -1.89. The van der Waals surface area contributed by atoms with Crippen molar-refractivity contribution < 1.29 is 43.2 Å². The fourth-order valence-corrected chi connectivity index (χ4v) is 2.27. The molecule has 1 saturated heterocycles. The molecule has 0 aromatic heterocycles. The molecule has 9 nitrogen and oxygen atoms in total. The first kappa shape index (κ1) is 19.3. The molecule has 5 atom stereocenters. The van der Waals surface area contributed by atoms with Crippen molar-refractivity contribution >= 4 is 17.9 Å². The first-order chi connectivity index (χ1) is 10.8. The molecule has 0 saturated carbocycles. The molecule has 23 heavy (non-hydrogen) atoms. The molecule has 0 spiro atoms. The quantitative estimate of drug-likeness (QED) is 0.508. The molecule has 1 fully saturated rings. The van der Waals surface area contributed by atoms with E-state index in [0.29, 0.717) is 0 Å². The lowest BCUT2D eigenvalue weighted by Gasteiger charge is -2.43. The van der Waals surface area contributed by atoms with Crippen LogP contribution in [0.3, 0.4) is 0 Å². The summed E-state index contributed by atoms with van der Waals surface area (Å²) in [6, 6.07) is 0. The van der Waals surface area contributed by atoms with Crippen LogP contribution >= 0.6 is 0 Å². The van der Waals surface area contributed by atoms with Gasteiger partial charge in [0.05, 0.1) is 19.3 Å². The number of ether oxygens (including phenoxy) is 5. The number of aliphatic hydroxyl groups excluding tert-OH is 1. The van der Waals surface area contributed by atoms with Crippen molar-refractivity contribution in [2.24, 2.45) is 0 Å². The predicted molar refractivity (Wildman–Crippen MR) is 74.0 cm³/mol. The number of hydrogen-bond acceptors (Lipinski definition) is 9. The highest BCUT2D eigenvalue weighted by Gasteiger charge is 2.50. The molecule has 1 rings (SSSR count). The molecule has 1 aliphatic rings. The number of rotatable bonds is 6. The van der Waals surface area contributed by atoms with Crippen molar-refractivity contribution in [3.63, 3.8) is 0 Å². The lowest BCUT2D eigenvalue weighted by atomic mass is 9.99. The van der Waals surface area contributed by atoms with Crippen LogP contribution in [0.4, 0.5) is 0 Å². The van der Waals surface area contributed by atoms with Crippen LogP contribution in [-0.2, 0) is 38.1 Å². The minimum Gasteiger partial charge on any atom is -0.456 e. The Hall–Kier alpha value is -1.71. The van der Waals surface area contributed by atoms with Gasteiger partial charge in [0.25, 0.3) is 0 Å². The SMILES string of the molecule is CC(=O)O[C@H]1[C@H](OC(C)=O)[C@@H](OCCO)O[C@@H](C)[C@H]1OC(C)=O. The van der Waals surface area contributed by atoms with Crippen molar-refractivity contribution in [1.29, 1.82) is 0 Å². The van der Waals surface area contributed by atoms with Crippen LogP contribution in [0.2, 0.25) is 0 Å². The molecule has 1 heterocycles. The van der Waals surface area contributed by atoms with Crippen LogP contribution < -0.4 is 0 Å². The average molecular weight is 334 g/mol. The highest BCUT2D eigenvalue weighted by Crippen LogP contribution is 2.29. The molecule has 0 aromatic rings. The van der Waals surface area contributed by atoms with Gasteiger partial charge in [-0.3, -0.25) is 14.4 Å². The summed E-state index contributed by atoms with van der Waals surface area (Å²) < 4.78 is 26.3. The van der Waals surface area contributed by atoms with Gasteiger partial charge in [-0.1, -0.05) is 0 Å². The van der Waals surface area contributed by atoms with Crippen LogP contribution in [0.5, 0.6) is 0 Å². The van der Waals surface area contributed by atoms with Gasteiger partial charge >= 0.3 is 17.9 Å². The molecule has 1 aliphatic heterocycles. The number of esters is 3. The van der Waals surface area contributed by atoms with E-state index < -0.39 is 48.6 Å². The van der Waals surface area contributed by atoms with Crippen molar-refractivity contribution in [1.82, 2.24) is 0 Å². The van der Waals surface area contributed by atoms with Crippen molar-refractivity contribution in [3.05, 3.63) is 0 Å². The van der Waals surface area contributed by atoms with Gasteiger partial charge in [-0.25, -0.2) is 0 Å². The second kappa shape index (κ2) is 8.80. The fraction of sp³-hybridized carbons (Fsp3) is 0.786. The normalized spacial score (nSPS) is 30.4. The molecule has 0 amide bonds. The third-order valence-corrected chi connectivity index (χ3v) is 3.01. The lowest BCUT2D eigenvalue weighted by Crippen LogP contribution is -2.61. The van der Waals surface area contributed by atoms with Gasteiger partial charge < -0.3 is 28.8 Å². The summed E-state index contributed by atoms with van der Waals surface area (Å²) in [5.41, 5.74) is 0. The summed E-state index contributed by atoms with van der Waals surface area (Å²) in [7, 11) is 0. The number of aliphatic hydroxyl groups is 1. The van der Waals surface area contributed by atoms with E-state index in [0.717, 1.165) is 0 Å². The van der Waals surface area contributed by atoms with Gasteiger partial charge in [0, 0.05) is 20.8 Å². The molecule has 0 radical (unpaired) electrons. The highest BCUT2D eigenvalue weighted by atomic mass is 16.7. The van der Waals surface area contributed by atoms with Crippen molar-refractivity contribution in [2.45, 2.75) is 58.4 Å². The van der Waals surface area contributed by atoms with E-state index in [4.69, 9.17) is 28.8 Å². The van der Waals surface area contributed by atoms with Crippen molar-refractivity contribution in [3.8, 4) is 0 Å². The van der Waals surface area contributed by atoms with Crippen LogP contribution in [0.1, 0.15) is 27.7 Å². The smallest absolute Gasteiger partial charge is 0.303 e. The standard InChI is InChI=1S/C14H22O9/c1-7-11(21-8(2)16)12(22-9(3)17)13(23-10(4)18)14(20-7)19-6-5-15/h7,11-15H,5-6H2,1-4H3/t7-,11+,12+,13-,14-/m0/s1. The molecule has 0 bridgehead atoms. The van der Waals surface area contributed by atoms with Gasteiger partial charge in [-0.2, -0.15) is 0 Å². The summed E-state index contributed by atoms with van der Waals surface area (Å²) in [6.45, 7) is 4.81. The van der Waals surface area contributed by atoms with E-state index in [1.807, 2.05) is 0 Å². The second-order valence-corrected chi connectivity index (χ2v) is 5.03. The molecule has 9 heteroatoms. The molecular formula is C14H22O9. The van der Waals surface area contributed by atoms with Crippen LogP contribution in [0.15, 0.2) is 0 Å². The minimum atomic E-state index is -1.14. The zero-order valence-electron chi connectivity index (χ0n) is 13.5. The second-order valence-electron chi connectivity index (χ2n) is 5.03. The zero-order valence-corrected chi connectivity index (χ0v) is 13.5. The van der Waals surface area contributed by atoms with E-state index in [-0.39, 0.29) is 13.2 Å². The van der Waals surface area contributed by atoms with Gasteiger partial charge in [-0.05, 0) is 6.92 Å². The average Bonchev–Trinajstić information content (AvgIpc) is 2.42. The molecular weight excluding hydrogens is 312 g/mol. The molecule has 0 unspecified atom stereocenters. The maximum absolute atomic E-state index is 11.4. The van der Waals surface area contributed by atoms with Crippen LogP contribution in [-0.4, -0.2) is 66.9 Å². The van der Waals surface area contributed by atoms with Gasteiger partial charge in [0.15, 0.2) is 24.6 Å². The zero-order chi connectivity index (χ0) is 17.6. The monoisotopic (exact) mass is 334 g/mol. The topological polar surface area (TPSA) is 118 Å². The first-order valence-corrected chi connectivity index (χ1v) is 7.15. The highest BCUT2D eigenvalue weighted by molar-refractivity contribution is 5.68. The van der Waals surface area contributed by atoms with Crippen LogP contribution in [0.25, 0.3) is 0 Å². The molecule has 1 N–H and O–H groups in total. The Bertz CT molecular complexity index is 436. The van der Waals surface area contributed by atoms with Gasteiger partial charge in [-0.15, -0.1) is 0 Å². The van der Waals surface area contributed by atoms with Gasteiger partial charge in [0.1, 0.15) is 0 Å². The van der Waals surface area contributed by atoms with E-state index in [1.54, 1.807) is 6.92 Å². The maximum Gasteiger partial charge on any atom is 0.303 e. The number of carbonyl (C=O) groups excluding carboxylic acids is 3. The lowest BCUT2D eigenvalue weighted by molar-refractivity contribution is -0.301. The van der Waals surface area contributed by atoms with Crippen molar-refractivity contribution in [2.75, 3.05) is 13.2 Å². The largest absolute Gasteiger partial charge is 0.456 e. The summed E-state index contributed by atoms with van der Waals surface area (Å²) in [4.78, 5) is 34.0. The molecule has 0 aromatic carbocycles.